The third-order valence-electron chi connectivity index (χ3n) is 6.43. The molecule has 1 atom stereocenters. The van der Waals surface area contributed by atoms with E-state index in [2.05, 4.69) is 40.0 Å². The fraction of sp³-hybridized carbons (Fsp3) is 0.423. The molecule has 1 saturated heterocycles. The van der Waals surface area contributed by atoms with Crippen LogP contribution in [0.1, 0.15) is 13.3 Å². The van der Waals surface area contributed by atoms with Crippen molar-refractivity contribution in [2.24, 2.45) is 7.05 Å². The van der Waals surface area contributed by atoms with E-state index < -0.39 is 0 Å². The Hall–Kier alpha value is -3.43. The first-order chi connectivity index (χ1) is 16.9. The number of hydrogen-bond donors (Lipinski definition) is 0. The molecule has 0 aliphatic carbocycles. The van der Waals surface area contributed by atoms with Crippen LogP contribution < -0.4 is 15.4 Å². The number of aryl methyl sites for hydroxylation is 1. The van der Waals surface area contributed by atoms with Gasteiger partial charge < -0.3 is 19.4 Å². The van der Waals surface area contributed by atoms with E-state index in [1.807, 2.05) is 37.4 Å². The van der Waals surface area contributed by atoms with E-state index in [-0.39, 0.29) is 11.8 Å². The summed E-state index contributed by atoms with van der Waals surface area (Å²) in [7, 11) is 5.90. The molecule has 0 amide bonds. The number of aromatic nitrogens is 4. The van der Waals surface area contributed by atoms with E-state index in [4.69, 9.17) is 9.47 Å². The van der Waals surface area contributed by atoms with Gasteiger partial charge in [0.05, 0.1) is 49.6 Å². The summed E-state index contributed by atoms with van der Waals surface area (Å²) in [5.41, 5.74) is 4.43. The van der Waals surface area contributed by atoms with Gasteiger partial charge in [-0.25, -0.2) is 14.5 Å². The lowest BCUT2D eigenvalue weighted by molar-refractivity contribution is 0.0438. The zero-order chi connectivity index (χ0) is 24.5. The van der Waals surface area contributed by atoms with Crippen LogP contribution in [-0.4, -0.2) is 77.2 Å². The van der Waals surface area contributed by atoms with Gasteiger partial charge in [-0.15, -0.1) is 0 Å². The predicted molar refractivity (Wildman–Crippen MR) is 138 cm³/mol. The zero-order valence-electron chi connectivity index (χ0n) is 20.8. The van der Waals surface area contributed by atoms with E-state index in [0.29, 0.717) is 32.2 Å². The van der Waals surface area contributed by atoms with E-state index in [0.717, 1.165) is 46.0 Å². The molecule has 1 unspecified atom stereocenters. The predicted octanol–water partition coefficient (Wildman–Crippen LogP) is 2.64. The number of rotatable bonds is 7. The molecular formula is C26H32N6O3. The smallest absolute Gasteiger partial charge is 0.347 e. The third-order valence-corrected chi connectivity index (χ3v) is 6.43. The fourth-order valence-electron chi connectivity index (χ4n) is 4.59. The molecule has 9 heteroatoms. The van der Waals surface area contributed by atoms with Gasteiger partial charge in [0, 0.05) is 36.8 Å². The Morgan fingerprint density at radius 2 is 1.97 bits per heavy atom. The van der Waals surface area contributed by atoms with Crippen LogP contribution in [0, 0.1) is 0 Å². The van der Waals surface area contributed by atoms with Gasteiger partial charge in [-0.1, -0.05) is 6.07 Å². The summed E-state index contributed by atoms with van der Waals surface area (Å²) in [6, 6.07) is 10.1. The van der Waals surface area contributed by atoms with Crippen molar-refractivity contribution in [2.45, 2.75) is 19.4 Å². The van der Waals surface area contributed by atoms with E-state index in [1.54, 1.807) is 22.5 Å². The Labute approximate surface area is 204 Å². The minimum absolute atomic E-state index is 0.0595. The molecule has 0 saturated carbocycles. The van der Waals surface area contributed by atoms with Gasteiger partial charge >= 0.3 is 5.69 Å². The molecule has 1 aromatic carbocycles. The van der Waals surface area contributed by atoms with E-state index in [1.165, 1.54) is 0 Å². The number of hydrogen-bond acceptors (Lipinski definition) is 7. The largest absolute Gasteiger partial charge is 0.478 e. The highest BCUT2D eigenvalue weighted by Crippen LogP contribution is 2.29. The normalized spacial score (nSPS) is 16.5. The molecule has 184 valence electrons. The molecule has 1 aliphatic heterocycles. The van der Waals surface area contributed by atoms with Gasteiger partial charge in [0.1, 0.15) is 5.52 Å². The standard InChI is InChI=1S/C26H32N6O3/c1-18-17-31(11-13-34-18)32-25-21-14-19(6-8-22(21)27-16-23(25)30(4)26(32)33)20-7-9-24(28-15-20)35-12-5-10-29(2)3/h6-9,14-16,18H,5,10-13,17H2,1-4H3. The minimum Gasteiger partial charge on any atom is -0.478 e. The van der Waals surface area contributed by atoms with Crippen LogP contribution in [0.5, 0.6) is 5.88 Å². The quantitative estimate of drug-likeness (QED) is 0.380. The van der Waals surface area contributed by atoms with Gasteiger partial charge in [0.2, 0.25) is 5.88 Å². The highest BCUT2D eigenvalue weighted by atomic mass is 16.5. The van der Waals surface area contributed by atoms with Gasteiger partial charge in [-0.3, -0.25) is 9.55 Å². The molecule has 0 radical (unpaired) electrons. The van der Waals surface area contributed by atoms with Gasteiger partial charge in [0.15, 0.2) is 0 Å². The third kappa shape index (κ3) is 4.61. The molecule has 35 heavy (non-hydrogen) atoms. The SMILES string of the molecule is CC1CN(n2c(=O)n(C)c3cnc4ccc(-c5ccc(OCCCN(C)C)nc5)cc4c32)CCO1. The summed E-state index contributed by atoms with van der Waals surface area (Å²) in [4.78, 5) is 24.5. The molecule has 4 aromatic rings. The molecule has 3 aromatic heterocycles. The summed E-state index contributed by atoms with van der Waals surface area (Å²) in [5, 5.41) is 3.01. The second kappa shape index (κ2) is 9.67. The number of pyridine rings is 2. The molecule has 1 aliphatic rings. The van der Waals surface area contributed by atoms with Crippen molar-refractivity contribution in [3.8, 4) is 17.0 Å². The van der Waals surface area contributed by atoms with E-state index >= 15 is 0 Å². The number of ether oxygens (including phenoxy) is 2. The maximum atomic E-state index is 13.3. The number of nitrogens with zero attached hydrogens (tertiary/aromatic N) is 6. The van der Waals surface area contributed by atoms with Crippen LogP contribution in [0.2, 0.25) is 0 Å². The number of fused-ring (bicyclic) bond motifs is 3. The van der Waals surface area contributed by atoms with Crippen molar-refractivity contribution in [1.82, 2.24) is 24.1 Å². The highest BCUT2D eigenvalue weighted by Gasteiger charge is 2.23. The van der Waals surface area contributed by atoms with Gasteiger partial charge in [-0.05, 0) is 51.2 Å². The molecule has 0 bridgehead atoms. The van der Waals surface area contributed by atoms with Crippen molar-refractivity contribution < 1.29 is 9.47 Å². The Morgan fingerprint density at radius 3 is 2.71 bits per heavy atom. The Bertz CT molecular complexity index is 1390. The first kappa shape index (κ1) is 23.3. The van der Waals surface area contributed by atoms with Crippen LogP contribution in [0.15, 0.2) is 47.5 Å². The summed E-state index contributed by atoms with van der Waals surface area (Å²) in [5.74, 6) is 0.621. The van der Waals surface area contributed by atoms with E-state index in [9.17, 15) is 4.79 Å². The average Bonchev–Trinajstić information content (AvgIpc) is 3.12. The summed E-state index contributed by atoms with van der Waals surface area (Å²) in [6.45, 7) is 5.55. The van der Waals surface area contributed by atoms with Gasteiger partial charge in [0.25, 0.3) is 0 Å². The summed E-state index contributed by atoms with van der Waals surface area (Å²) < 4.78 is 14.9. The molecule has 5 rings (SSSR count). The minimum atomic E-state index is -0.0776. The molecule has 0 spiro atoms. The summed E-state index contributed by atoms with van der Waals surface area (Å²) in [6.07, 6.45) is 4.62. The fourth-order valence-corrected chi connectivity index (χ4v) is 4.59. The average molecular weight is 477 g/mol. The maximum Gasteiger partial charge on any atom is 0.347 e. The van der Waals surface area contributed by atoms with Crippen LogP contribution in [0.3, 0.4) is 0 Å². The second-order valence-corrected chi connectivity index (χ2v) is 9.36. The lowest BCUT2D eigenvalue weighted by atomic mass is 10.0. The molecule has 1 fully saturated rings. The molecule has 9 nitrogen and oxygen atoms in total. The van der Waals surface area contributed by atoms with Gasteiger partial charge in [-0.2, -0.15) is 0 Å². The van der Waals surface area contributed by atoms with Crippen LogP contribution in [0.4, 0.5) is 0 Å². The Balaban J connectivity index is 1.51. The number of imidazole rings is 1. The maximum absolute atomic E-state index is 13.3. The van der Waals surface area contributed by atoms with Crippen molar-refractivity contribution in [2.75, 3.05) is 52.0 Å². The van der Waals surface area contributed by atoms with Crippen molar-refractivity contribution in [3.05, 3.63) is 53.2 Å². The zero-order valence-corrected chi connectivity index (χ0v) is 20.8. The highest BCUT2D eigenvalue weighted by molar-refractivity contribution is 6.04. The number of morpholine rings is 1. The Morgan fingerprint density at radius 1 is 1.14 bits per heavy atom. The van der Waals surface area contributed by atoms with Crippen LogP contribution in [0.25, 0.3) is 33.1 Å². The summed E-state index contributed by atoms with van der Waals surface area (Å²) >= 11 is 0. The lowest BCUT2D eigenvalue weighted by Gasteiger charge is -2.33. The molecule has 4 heterocycles. The van der Waals surface area contributed by atoms with Crippen LogP contribution >= 0.6 is 0 Å². The van der Waals surface area contributed by atoms with Crippen molar-refractivity contribution in [3.63, 3.8) is 0 Å². The topological polar surface area (TPSA) is 77.7 Å². The second-order valence-electron chi connectivity index (χ2n) is 9.36. The molecule has 0 N–H and O–H groups in total. The first-order valence-corrected chi connectivity index (χ1v) is 12.0. The Kier molecular flexibility index (Phi) is 6.44. The first-order valence-electron chi connectivity index (χ1n) is 12.0. The lowest BCUT2D eigenvalue weighted by Crippen LogP contribution is -2.51. The van der Waals surface area contributed by atoms with Crippen LogP contribution in [-0.2, 0) is 11.8 Å². The monoisotopic (exact) mass is 476 g/mol. The molecular weight excluding hydrogens is 444 g/mol. The number of benzene rings is 1. The van der Waals surface area contributed by atoms with Crippen molar-refractivity contribution >= 4 is 21.9 Å². The van der Waals surface area contributed by atoms with Crippen molar-refractivity contribution in [1.29, 1.82) is 0 Å².